The van der Waals surface area contributed by atoms with Crippen LogP contribution < -0.4 is 0 Å². The lowest BCUT2D eigenvalue weighted by Gasteiger charge is -2.42. The second-order valence-corrected chi connectivity index (χ2v) is 10.7. The number of likely N-dealkylation sites (tertiary alicyclic amines) is 1. The van der Waals surface area contributed by atoms with Crippen LogP contribution in [0.25, 0.3) is 0 Å². The lowest BCUT2D eigenvalue weighted by molar-refractivity contribution is 0.0452. The molecule has 1 atom stereocenters. The molecule has 1 amide bonds. The predicted molar refractivity (Wildman–Crippen MR) is 117 cm³/mol. The molecule has 3 saturated heterocycles. The van der Waals surface area contributed by atoms with Crippen molar-refractivity contribution in [3.8, 4) is 0 Å². The molecule has 3 aliphatic heterocycles. The van der Waals surface area contributed by atoms with E-state index in [0.717, 1.165) is 31.7 Å². The molecule has 6 heteroatoms. The minimum Gasteiger partial charge on any atom is -0.336 e. The second kappa shape index (κ2) is 9.21. The summed E-state index contributed by atoms with van der Waals surface area (Å²) in [5.74, 6) is 2.70. The fraction of sp³-hybridized carbons (Fsp3) is 0.667. The van der Waals surface area contributed by atoms with Crippen molar-refractivity contribution >= 4 is 29.4 Å². The van der Waals surface area contributed by atoms with Crippen molar-refractivity contribution in [2.75, 3.05) is 57.8 Å². The van der Waals surface area contributed by atoms with E-state index >= 15 is 0 Å². The average molecular weight is 406 g/mol. The number of likely N-dealkylation sites (N-methyl/N-ethyl adjacent to an activating group) is 1. The smallest absolute Gasteiger partial charge is 0.253 e. The molecule has 0 aromatic heterocycles. The number of hydrogen-bond donors (Lipinski definition) is 0. The molecule has 1 unspecified atom stereocenters. The van der Waals surface area contributed by atoms with E-state index in [1.165, 1.54) is 49.4 Å². The Labute approximate surface area is 172 Å². The third-order valence-corrected chi connectivity index (χ3v) is 8.99. The molecule has 148 valence electrons. The van der Waals surface area contributed by atoms with Crippen molar-refractivity contribution in [3.63, 3.8) is 0 Å². The van der Waals surface area contributed by atoms with Crippen molar-refractivity contribution in [2.45, 2.75) is 29.9 Å². The fourth-order valence-corrected chi connectivity index (χ4v) is 7.27. The summed E-state index contributed by atoms with van der Waals surface area (Å²) in [6.07, 6.45) is 3.91. The number of rotatable bonds is 3. The van der Waals surface area contributed by atoms with Gasteiger partial charge in [0.25, 0.3) is 5.91 Å². The molecule has 1 aromatic rings. The first-order chi connectivity index (χ1) is 13.2. The number of nitrogens with zero attached hydrogens (tertiary/aromatic N) is 3. The Morgan fingerprint density at radius 1 is 0.963 bits per heavy atom. The standard InChI is InChI=1S/C21H31N3OS2/c1-22-9-2-4-19(16-22)23-10-12-24(13-11-23)20(25)17-5-7-18(8-6-17)21-26-14-3-15-27-21/h5-8,19,21H,2-4,9-16H2,1H3. The summed E-state index contributed by atoms with van der Waals surface area (Å²) in [5, 5.41) is 0. The second-order valence-electron chi connectivity index (χ2n) is 7.94. The van der Waals surface area contributed by atoms with Crippen LogP contribution in [0.1, 0.15) is 39.8 Å². The molecule has 3 aliphatic rings. The molecule has 0 saturated carbocycles. The highest BCUT2D eigenvalue weighted by molar-refractivity contribution is 8.16. The molecular weight excluding hydrogens is 374 g/mol. The molecule has 0 N–H and O–H groups in total. The normalized spacial score (nSPS) is 26.3. The van der Waals surface area contributed by atoms with Crippen molar-refractivity contribution in [2.24, 2.45) is 0 Å². The van der Waals surface area contributed by atoms with Crippen LogP contribution in [0.3, 0.4) is 0 Å². The van der Waals surface area contributed by atoms with Crippen LogP contribution in [0.15, 0.2) is 24.3 Å². The third kappa shape index (κ3) is 4.84. The number of carbonyl (C=O) groups excluding carboxylic acids is 1. The Kier molecular flexibility index (Phi) is 6.69. The highest BCUT2D eigenvalue weighted by Gasteiger charge is 2.28. The zero-order chi connectivity index (χ0) is 18.6. The van der Waals surface area contributed by atoms with E-state index < -0.39 is 0 Å². The maximum atomic E-state index is 12.9. The van der Waals surface area contributed by atoms with Gasteiger partial charge in [0.1, 0.15) is 0 Å². The molecule has 4 rings (SSSR count). The predicted octanol–water partition coefficient (Wildman–Crippen LogP) is 3.41. The summed E-state index contributed by atoms with van der Waals surface area (Å²) in [6, 6.07) is 9.08. The molecule has 0 radical (unpaired) electrons. The minimum atomic E-state index is 0.200. The summed E-state index contributed by atoms with van der Waals surface area (Å²) in [4.78, 5) is 20.0. The van der Waals surface area contributed by atoms with Crippen molar-refractivity contribution < 1.29 is 4.79 Å². The quantitative estimate of drug-likeness (QED) is 0.768. The topological polar surface area (TPSA) is 26.8 Å². The number of benzene rings is 1. The Morgan fingerprint density at radius 3 is 2.33 bits per heavy atom. The zero-order valence-electron chi connectivity index (χ0n) is 16.3. The SMILES string of the molecule is CN1CCCC(N2CCN(C(=O)c3ccc(C4SCCCS4)cc3)CC2)C1. The van der Waals surface area contributed by atoms with Crippen LogP contribution in [0.5, 0.6) is 0 Å². The van der Waals surface area contributed by atoms with E-state index in [0.29, 0.717) is 10.6 Å². The van der Waals surface area contributed by atoms with E-state index in [1.807, 2.05) is 40.6 Å². The largest absolute Gasteiger partial charge is 0.336 e. The summed E-state index contributed by atoms with van der Waals surface area (Å²) < 4.78 is 0.542. The Hall–Kier alpha value is -0.690. The third-order valence-electron chi connectivity index (χ3n) is 5.97. The molecule has 0 bridgehead atoms. The van der Waals surface area contributed by atoms with Gasteiger partial charge in [0.2, 0.25) is 0 Å². The Morgan fingerprint density at radius 2 is 1.67 bits per heavy atom. The minimum absolute atomic E-state index is 0.200. The van der Waals surface area contributed by atoms with E-state index in [1.54, 1.807) is 0 Å². The molecule has 1 aromatic carbocycles. The van der Waals surface area contributed by atoms with Gasteiger partial charge in [-0.25, -0.2) is 0 Å². The molecule has 3 heterocycles. The van der Waals surface area contributed by atoms with E-state index in [2.05, 4.69) is 29.0 Å². The van der Waals surface area contributed by atoms with Gasteiger partial charge in [0.05, 0.1) is 4.58 Å². The van der Waals surface area contributed by atoms with Gasteiger partial charge in [-0.2, -0.15) is 0 Å². The Balaban J connectivity index is 1.31. The number of piperazine rings is 1. The van der Waals surface area contributed by atoms with Gasteiger partial charge >= 0.3 is 0 Å². The van der Waals surface area contributed by atoms with Crippen molar-refractivity contribution in [3.05, 3.63) is 35.4 Å². The lowest BCUT2D eigenvalue weighted by atomic mass is 10.0. The van der Waals surface area contributed by atoms with Crippen LogP contribution >= 0.6 is 23.5 Å². The highest BCUT2D eigenvalue weighted by Crippen LogP contribution is 2.43. The zero-order valence-corrected chi connectivity index (χ0v) is 17.9. The van der Waals surface area contributed by atoms with Gasteiger partial charge in [0.15, 0.2) is 0 Å². The van der Waals surface area contributed by atoms with E-state index in [9.17, 15) is 4.79 Å². The summed E-state index contributed by atoms with van der Waals surface area (Å²) in [6.45, 7) is 6.13. The van der Waals surface area contributed by atoms with Gasteiger partial charge in [-0.1, -0.05) is 12.1 Å². The summed E-state index contributed by atoms with van der Waals surface area (Å²) in [5.41, 5.74) is 2.20. The number of amides is 1. The number of carbonyl (C=O) groups is 1. The first kappa shape index (κ1) is 19.6. The van der Waals surface area contributed by atoms with Crippen molar-refractivity contribution in [1.82, 2.24) is 14.7 Å². The molecular formula is C21H31N3OS2. The van der Waals surface area contributed by atoms with E-state index in [4.69, 9.17) is 0 Å². The highest BCUT2D eigenvalue weighted by atomic mass is 32.2. The number of piperidine rings is 1. The van der Waals surface area contributed by atoms with Crippen LogP contribution in [0.2, 0.25) is 0 Å². The molecule has 0 aliphatic carbocycles. The number of hydrogen-bond acceptors (Lipinski definition) is 5. The van der Waals surface area contributed by atoms with Gasteiger partial charge in [-0.05, 0) is 62.1 Å². The van der Waals surface area contributed by atoms with E-state index in [-0.39, 0.29) is 5.91 Å². The first-order valence-corrected chi connectivity index (χ1v) is 12.4. The number of thioether (sulfide) groups is 2. The van der Waals surface area contributed by atoms with Crippen LogP contribution in [0, 0.1) is 0 Å². The maximum Gasteiger partial charge on any atom is 0.253 e. The lowest BCUT2D eigenvalue weighted by Crippen LogP contribution is -2.55. The maximum absolute atomic E-state index is 12.9. The van der Waals surface area contributed by atoms with Gasteiger partial charge < -0.3 is 9.80 Å². The molecule has 4 nitrogen and oxygen atoms in total. The first-order valence-electron chi connectivity index (χ1n) is 10.3. The molecule has 3 fully saturated rings. The molecule has 0 spiro atoms. The Bertz CT molecular complexity index is 625. The van der Waals surface area contributed by atoms with Crippen LogP contribution in [-0.2, 0) is 0 Å². The van der Waals surface area contributed by atoms with Gasteiger partial charge in [0, 0.05) is 44.3 Å². The summed E-state index contributed by atoms with van der Waals surface area (Å²) in [7, 11) is 2.22. The molecule has 27 heavy (non-hydrogen) atoms. The summed E-state index contributed by atoms with van der Waals surface area (Å²) >= 11 is 4.06. The monoisotopic (exact) mass is 405 g/mol. The van der Waals surface area contributed by atoms with Crippen LogP contribution in [-0.4, -0.2) is 84.5 Å². The van der Waals surface area contributed by atoms with Crippen LogP contribution in [0.4, 0.5) is 0 Å². The van der Waals surface area contributed by atoms with Gasteiger partial charge in [-0.3, -0.25) is 9.69 Å². The fourth-order valence-electron chi connectivity index (χ4n) is 4.37. The van der Waals surface area contributed by atoms with Gasteiger partial charge in [-0.15, -0.1) is 23.5 Å². The van der Waals surface area contributed by atoms with Crippen molar-refractivity contribution in [1.29, 1.82) is 0 Å². The average Bonchev–Trinajstić information content (AvgIpc) is 2.74.